The average Bonchev–Trinajstić information content (AvgIpc) is 3.04. The van der Waals surface area contributed by atoms with Crippen LogP contribution in [0.4, 0.5) is 0 Å². The highest BCUT2D eigenvalue weighted by Crippen LogP contribution is 2.36. The fourth-order valence-corrected chi connectivity index (χ4v) is 2.45. The van der Waals surface area contributed by atoms with E-state index in [1.165, 1.54) is 16.7 Å². The van der Waals surface area contributed by atoms with Gasteiger partial charge < -0.3 is 10.0 Å². The highest BCUT2D eigenvalue weighted by Gasteiger charge is 2.28. The molecule has 0 saturated heterocycles. The van der Waals surface area contributed by atoms with E-state index in [2.05, 4.69) is 15.5 Å². The van der Waals surface area contributed by atoms with Gasteiger partial charge in [0.1, 0.15) is 0 Å². The van der Waals surface area contributed by atoms with Gasteiger partial charge in [-0.3, -0.25) is 4.79 Å². The Morgan fingerprint density at radius 3 is 3.00 bits per heavy atom. The van der Waals surface area contributed by atoms with E-state index in [9.17, 15) is 9.90 Å². The van der Waals surface area contributed by atoms with Crippen LogP contribution in [0, 0.1) is 0 Å². The Labute approximate surface area is 110 Å². The molecule has 1 N–H and O–H groups in total. The molecule has 0 aromatic carbocycles. The molecular formula is C10H17N5O2S. The number of aromatic nitrogens is 4. The van der Waals surface area contributed by atoms with Crippen molar-refractivity contribution < 1.29 is 9.90 Å². The van der Waals surface area contributed by atoms with E-state index < -0.39 is 6.10 Å². The molecule has 1 fully saturated rings. The first kappa shape index (κ1) is 13.3. The van der Waals surface area contributed by atoms with Crippen molar-refractivity contribution in [1.29, 1.82) is 0 Å². The van der Waals surface area contributed by atoms with E-state index in [0.29, 0.717) is 17.7 Å². The van der Waals surface area contributed by atoms with Gasteiger partial charge in [0.25, 0.3) is 0 Å². The van der Waals surface area contributed by atoms with Crippen LogP contribution < -0.4 is 0 Å². The van der Waals surface area contributed by atoms with Crippen molar-refractivity contribution in [3.63, 3.8) is 0 Å². The number of rotatable bonds is 6. The van der Waals surface area contributed by atoms with Crippen molar-refractivity contribution in [2.24, 2.45) is 0 Å². The van der Waals surface area contributed by atoms with Gasteiger partial charge in [-0.15, -0.1) is 5.10 Å². The molecule has 0 spiro atoms. The van der Waals surface area contributed by atoms with Crippen LogP contribution in [0.25, 0.3) is 0 Å². The summed E-state index contributed by atoms with van der Waals surface area (Å²) in [5.74, 6) is 0.252. The smallest absolute Gasteiger partial charge is 0.232 e. The predicted octanol–water partition coefficient (Wildman–Crippen LogP) is -0.0607. The van der Waals surface area contributed by atoms with E-state index in [4.69, 9.17) is 0 Å². The van der Waals surface area contributed by atoms with Crippen molar-refractivity contribution in [2.75, 3.05) is 19.3 Å². The average molecular weight is 271 g/mol. The lowest BCUT2D eigenvalue weighted by Crippen LogP contribution is -2.34. The highest BCUT2D eigenvalue weighted by atomic mass is 32.2. The highest BCUT2D eigenvalue weighted by molar-refractivity contribution is 7.99. The number of carbonyl (C=O) groups is 1. The first-order chi connectivity index (χ1) is 8.58. The summed E-state index contributed by atoms with van der Waals surface area (Å²) >= 11 is 1.34. The number of aliphatic hydroxyl groups excluding tert-OH is 1. The Morgan fingerprint density at radius 2 is 2.39 bits per heavy atom. The Balaban J connectivity index is 1.83. The molecule has 0 radical (unpaired) electrons. The molecule has 100 valence electrons. The zero-order valence-corrected chi connectivity index (χ0v) is 11.3. The Bertz CT molecular complexity index is 418. The Kier molecular flexibility index (Phi) is 4.18. The lowest BCUT2D eigenvalue weighted by molar-refractivity contribution is -0.128. The SMILES string of the molecule is CC(O)CN(C)C(=O)CSc1nnnn1C1CC1. The second kappa shape index (κ2) is 5.66. The number of likely N-dealkylation sites (N-methyl/N-ethyl adjacent to an activating group) is 1. The maximum atomic E-state index is 11.8. The standard InChI is InChI=1S/C10H17N5O2S/c1-7(16)5-14(2)9(17)6-18-10-11-12-13-15(10)8-3-4-8/h7-8,16H,3-6H2,1-2H3. The van der Waals surface area contributed by atoms with Crippen LogP contribution in [0.2, 0.25) is 0 Å². The van der Waals surface area contributed by atoms with Gasteiger partial charge in [-0.2, -0.15) is 0 Å². The minimum Gasteiger partial charge on any atom is -0.392 e. The van der Waals surface area contributed by atoms with Crippen molar-refractivity contribution in [3.8, 4) is 0 Å². The summed E-state index contributed by atoms with van der Waals surface area (Å²) in [5.41, 5.74) is 0. The van der Waals surface area contributed by atoms with Gasteiger partial charge in [0.15, 0.2) is 0 Å². The molecule has 7 nitrogen and oxygen atoms in total. The maximum absolute atomic E-state index is 11.8. The summed E-state index contributed by atoms with van der Waals surface area (Å²) < 4.78 is 1.78. The summed E-state index contributed by atoms with van der Waals surface area (Å²) in [6.07, 6.45) is 1.70. The lowest BCUT2D eigenvalue weighted by atomic mass is 10.4. The third kappa shape index (κ3) is 3.42. The Hall–Kier alpha value is -1.15. The third-order valence-electron chi connectivity index (χ3n) is 2.64. The normalized spacial score (nSPS) is 16.6. The molecule has 1 atom stereocenters. The number of nitrogens with zero attached hydrogens (tertiary/aromatic N) is 5. The maximum Gasteiger partial charge on any atom is 0.232 e. The number of tetrazole rings is 1. The molecule has 0 bridgehead atoms. The molecule has 1 unspecified atom stereocenters. The second-order valence-electron chi connectivity index (χ2n) is 4.55. The van der Waals surface area contributed by atoms with Crippen molar-refractivity contribution >= 4 is 17.7 Å². The minimum absolute atomic E-state index is 0.0359. The molecule has 1 aromatic rings. The summed E-state index contributed by atoms with van der Waals surface area (Å²) in [7, 11) is 1.68. The van der Waals surface area contributed by atoms with Crippen molar-refractivity contribution in [3.05, 3.63) is 0 Å². The van der Waals surface area contributed by atoms with Crippen molar-refractivity contribution in [1.82, 2.24) is 25.1 Å². The molecule has 0 aliphatic heterocycles. The number of carbonyl (C=O) groups excluding carboxylic acids is 1. The fraction of sp³-hybridized carbons (Fsp3) is 0.800. The van der Waals surface area contributed by atoms with E-state index in [1.54, 1.807) is 18.7 Å². The predicted molar refractivity (Wildman–Crippen MR) is 66.1 cm³/mol. The minimum atomic E-state index is -0.513. The molecule has 1 aliphatic carbocycles. The molecule has 1 heterocycles. The monoisotopic (exact) mass is 271 g/mol. The molecule has 2 rings (SSSR count). The van der Waals surface area contributed by atoms with Gasteiger partial charge in [-0.25, -0.2) is 4.68 Å². The fourth-order valence-electron chi connectivity index (χ4n) is 1.56. The van der Waals surface area contributed by atoms with Crippen LogP contribution in [-0.2, 0) is 4.79 Å². The second-order valence-corrected chi connectivity index (χ2v) is 5.49. The van der Waals surface area contributed by atoms with Crippen LogP contribution in [-0.4, -0.2) is 61.6 Å². The van der Waals surface area contributed by atoms with Gasteiger partial charge in [0, 0.05) is 13.6 Å². The van der Waals surface area contributed by atoms with Crippen LogP contribution >= 0.6 is 11.8 Å². The van der Waals surface area contributed by atoms with Gasteiger partial charge in [0.2, 0.25) is 11.1 Å². The lowest BCUT2D eigenvalue weighted by Gasteiger charge is -2.18. The zero-order chi connectivity index (χ0) is 13.1. The number of hydrogen-bond acceptors (Lipinski definition) is 6. The van der Waals surface area contributed by atoms with Crippen molar-refractivity contribution in [2.45, 2.75) is 37.1 Å². The molecule has 1 amide bonds. The number of thioether (sulfide) groups is 1. The first-order valence-corrected chi connectivity index (χ1v) is 6.89. The summed E-state index contributed by atoms with van der Waals surface area (Å²) in [6, 6.07) is 0.410. The van der Waals surface area contributed by atoms with Gasteiger partial charge in [-0.1, -0.05) is 11.8 Å². The molecule has 8 heteroatoms. The topological polar surface area (TPSA) is 84.1 Å². The summed E-state index contributed by atoms with van der Waals surface area (Å²) in [5, 5.41) is 21.4. The largest absolute Gasteiger partial charge is 0.392 e. The van der Waals surface area contributed by atoms with Crippen LogP contribution in [0.1, 0.15) is 25.8 Å². The van der Waals surface area contributed by atoms with Gasteiger partial charge in [-0.05, 0) is 30.2 Å². The van der Waals surface area contributed by atoms with Gasteiger partial charge in [0.05, 0.1) is 17.9 Å². The molecule has 1 aliphatic rings. The van der Waals surface area contributed by atoms with E-state index >= 15 is 0 Å². The van der Waals surface area contributed by atoms with Gasteiger partial charge >= 0.3 is 0 Å². The molecule has 18 heavy (non-hydrogen) atoms. The summed E-state index contributed by atoms with van der Waals surface area (Å²) in [6.45, 7) is 2.00. The van der Waals surface area contributed by atoms with E-state index in [-0.39, 0.29) is 11.7 Å². The number of aliphatic hydroxyl groups is 1. The third-order valence-corrected chi connectivity index (χ3v) is 3.56. The number of hydrogen-bond donors (Lipinski definition) is 1. The van der Waals surface area contributed by atoms with Crippen LogP contribution in [0.15, 0.2) is 5.16 Å². The van der Waals surface area contributed by atoms with E-state index in [1.807, 2.05) is 0 Å². The Morgan fingerprint density at radius 1 is 1.67 bits per heavy atom. The zero-order valence-electron chi connectivity index (χ0n) is 10.5. The van der Waals surface area contributed by atoms with Crippen LogP contribution in [0.5, 0.6) is 0 Å². The van der Waals surface area contributed by atoms with E-state index in [0.717, 1.165) is 12.8 Å². The first-order valence-electron chi connectivity index (χ1n) is 5.90. The van der Waals surface area contributed by atoms with Crippen LogP contribution in [0.3, 0.4) is 0 Å². The molecule has 1 aromatic heterocycles. The quantitative estimate of drug-likeness (QED) is 0.730. The summed E-state index contributed by atoms with van der Waals surface area (Å²) in [4.78, 5) is 13.3. The molecule has 1 saturated carbocycles. The number of amides is 1. The molecular weight excluding hydrogens is 254 g/mol.